The standard InChI is InChI=1S/C20H21N7O3/c1-11(2)30-14-7-5-13(6-8-14)18(28)22-16-9-12(3)25-27(16)20-23-17-15(19(29)24-20)10-21-26(17)4/h5-11H,1-4H3,(H,22,28)(H,23,24,29). The van der Waals surface area contributed by atoms with Gasteiger partial charge in [0.2, 0.25) is 5.95 Å². The third-order valence-electron chi connectivity index (χ3n) is 4.35. The maximum absolute atomic E-state index is 12.7. The monoisotopic (exact) mass is 407 g/mol. The molecule has 3 heterocycles. The quantitative estimate of drug-likeness (QED) is 0.523. The van der Waals surface area contributed by atoms with E-state index in [0.29, 0.717) is 33.9 Å². The van der Waals surface area contributed by atoms with Gasteiger partial charge in [-0.15, -0.1) is 0 Å². The van der Waals surface area contributed by atoms with Crippen molar-refractivity contribution in [3.05, 3.63) is 58.1 Å². The molecular weight excluding hydrogens is 386 g/mol. The van der Waals surface area contributed by atoms with Gasteiger partial charge in [-0.25, -0.2) is 0 Å². The number of aryl methyl sites for hydroxylation is 2. The molecule has 0 spiro atoms. The molecule has 0 fully saturated rings. The fraction of sp³-hybridized carbons (Fsp3) is 0.250. The summed E-state index contributed by atoms with van der Waals surface area (Å²) in [6.45, 7) is 5.65. The Hall–Kier alpha value is -3.95. The van der Waals surface area contributed by atoms with Crippen molar-refractivity contribution in [1.82, 2.24) is 29.5 Å². The van der Waals surface area contributed by atoms with E-state index in [2.05, 4.69) is 25.5 Å². The predicted octanol–water partition coefficient (Wildman–Crippen LogP) is 2.19. The van der Waals surface area contributed by atoms with Crippen LogP contribution in [-0.4, -0.2) is 41.5 Å². The molecule has 0 unspecified atom stereocenters. The number of rotatable bonds is 5. The molecule has 10 nitrogen and oxygen atoms in total. The van der Waals surface area contributed by atoms with Crippen molar-refractivity contribution >= 4 is 22.8 Å². The van der Waals surface area contributed by atoms with Crippen LogP contribution >= 0.6 is 0 Å². The third kappa shape index (κ3) is 3.66. The van der Waals surface area contributed by atoms with Crippen LogP contribution in [-0.2, 0) is 7.05 Å². The lowest BCUT2D eigenvalue weighted by molar-refractivity contribution is 0.102. The first-order chi connectivity index (χ1) is 14.3. The molecule has 0 aliphatic rings. The Morgan fingerprint density at radius 1 is 1.23 bits per heavy atom. The van der Waals surface area contributed by atoms with Gasteiger partial charge in [0.15, 0.2) is 5.65 Å². The van der Waals surface area contributed by atoms with Crippen LogP contribution in [0.2, 0.25) is 0 Å². The Morgan fingerprint density at radius 2 is 1.97 bits per heavy atom. The van der Waals surface area contributed by atoms with E-state index in [4.69, 9.17) is 4.74 Å². The Morgan fingerprint density at radius 3 is 2.67 bits per heavy atom. The number of H-pyrrole nitrogens is 1. The van der Waals surface area contributed by atoms with E-state index in [-0.39, 0.29) is 23.5 Å². The smallest absolute Gasteiger partial charge is 0.263 e. The lowest BCUT2D eigenvalue weighted by Crippen LogP contribution is -2.19. The summed E-state index contributed by atoms with van der Waals surface area (Å²) in [4.78, 5) is 32.2. The SMILES string of the molecule is Cc1cc(NC(=O)c2ccc(OC(C)C)cc2)n(-c2nc3c(cnn3C)c(=O)[nH]2)n1. The van der Waals surface area contributed by atoms with E-state index in [1.54, 1.807) is 44.3 Å². The molecule has 4 rings (SSSR count). The lowest BCUT2D eigenvalue weighted by atomic mass is 10.2. The minimum atomic E-state index is -0.339. The summed E-state index contributed by atoms with van der Waals surface area (Å²) >= 11 is 0. The number of ether oxygens (including phenoxy) is 1. The maximum Gasteiger partial charge on any atom is 0.263 e. The van der Waals surface area contributed by atoms with Gasteiger partial charge in [-0.2, -0.15) is 19.9 Å². The van der Waals surface area contributed by atoms with Crippen LogP contribution in [0.4, 0.5) is 5.82 Å². The summed E-state index contributed by atoms with van der Waals surface area (Å²) in [7, 11) is 1.70. The Bertz CT molecular complexity index is 1280. The maximum atomic E-state index is 12.7. The van der Waals surface area contributed by atoms with E-state index in [9.17, 15) is 9.59 Å². The van der Waals surface area contributed by atoms with Gasteiger partial charge in [-0.3, -0.25) is 19.3 Å². The van der Waals surface area contributed by atoms with Crippen LogP contribution in [0.3, 0.4) is 0 Å². The molecule has 2 N–H and O–H groups in total. The van der Waals surface area contributed by atoms with Gasteiger partial charge in [0, 0.05) is 18.7 Å². The van der Waals surface area contributed by atoms with Crippen molar-refractivity contribution < 1.29 is 9.53 Å². The second-order valence-corrected chi connectivity index (χ2v) is 7.12. The topological polar surface area (TPSA) is 120 Å². The van der Waals surface area contributed by atoms with Crippen molar-refractivity contribution in [2.45, 2.75) is 26.9 Å². The van der Waals surface area contributed by atoms with E-state index >= 15 is 0 Å². The molecule has 30 heavy (non-hydrogen) atoms. The average Bonchev–Trinajstić information content (AvgIpc) is 3.25. The summed E-state index contributed by atoms with van der Waals surface area (Å²) in [5.41, 5.74) is 1.19. The van der Waals surface area contributed by atoms with Crippen LogP contribution in [0.1, 0.15) is 29.9 Å². The summed E-state index contributed by atoms with van der Waals surface area (Å²) in [6.07, 6.45) is 1.50. The second kappa shape index (κ2) is 7.47. The fourth-order valence-electron chi connectivity index (χ4n) is 3.02. The summed E-state index contributed by atoms with van der Waals surface area (Å²) in [5, 5.41) is 11.6. The van der Waals surface area contributed by atoms with Gasteiger partial charge in [0.25, 0.3) is 11.5 Å². The molecule has 10 heteroatoms. The molecule has 1 aromatic carbocycles. The largest absolute Gasteiger partial charge is 0.491 e. The first-order valence-corrected chi connectivity index (χ1v) is 9.39. The molecule has 0 bridgehead atoms. The van der Waals surface area contributed by atoms with E-state index in [0.717, 1.165) is 0 Å². The number of nitrogens with one attached hydrogen (secondary N) is 2. The minimum absolute atomic E-state index is 0.0495. The van der Waals surface area contributed by atoms with Crippen LogP contribution in [0.15, 0.2) is 41.3 Å². The van der Waals surface area contributed by atoms with Crippen molar-refractivity contribution in [2.75, 3.05) is 5.32 Å². The molecule has 4 aromatic rings. The molecule has 0 radical (unpaired) electrons. The van der Waals surface area contributed by atoms with Gasteiger partial charge in [-0.05, 0) is 45.0 Å². The van der Waals surface area contributed by atoms with Crippen LogP contribution in [0.5, 0.6) is 5.75 Å². The highest BCUT2D eigenvalue weighted by Gasteiger charge is 2.16. The first-order valence-electron chi connectivity index (χ1n) is 9.39. The summed E-state index contributed by atoms with van der Waals surface area (Å²) in [5.74, 6) is 0.926. The minimum Gasteiger partial charge on any atom is -0.491 e. The van der Waals surface area contributed by atoms with Gasteiger partial charge < -0.3 is 10.1 Å². The highest BCUT2D eigenvalue weighted by atomic mass is 16.5. The van der Waals surface area contributed by atoms with Crippen LogP contribution < -0.4 is 15.6 Å². The Labute approximate surface area is 171 Å². The van der Waals surface area contributed by atoms with Gasteiger partial charge in [-0.1, -0.05) is 0 Å². The molecular formula is C20H21N7O3. The number of hydrogen-bond donors (Lipinski definition) is 2. The number of aromatic amines is 1. The summed E-state index contributed by atoms with van der Waals surface area (Å²) in [6, 6.07) is 8.55. The average molecular weight is 407 g/mol. The zero-order chi connectivity index (χ0) is 21.4. The van der Waals surface area contributed by atoms with E-state index < -0.39 is 0 Å². The normalized spacial score (nSPS) is 11.2. The van der Waals surface area contributed by atoms with Crippen molar-refractivity contribution in [1.29, 1.82) is 0 Å². The summed E-state index contributed by atoms with van der Waals surface area (Å²) < 4.78 is 8.49. The van der Waals surface area contributed by atoms with E-state index in [1.165, 1.54) is 15.6 Å². The van der Waals surface area contributed by atoms with E-state index in [1.807, 2.05) is 13.8 Å². The predicted molar refractivity (Wildman–Crippen MR) is 111 cm³/mol. The van der Waals surface area contributed by atoms with Crippen molar-refractivity contribution in [3.63, 3.8) is 0 Å². The number of nitrogens with zero attached hydrogens (tertiary/aromatic N) is 5. The fourth-order valence-corrected chi connectivity index (χ4v) is 3.02. The van der Waals surface area contributed by atoms with Gasteiger partial charge in [0.05, 0.1) is 18.0 Å². The zero-order valence-corrected chi connectivity index (χ0v) is 17.0. The number of carbonyl (C=O) groups is 1. The molecule has 3 aromatic heterocycles. The molecule has 0 saturated carbocycles. The third-order valence-corrected chi connectivity index (χ3v) is 4.35. The van der Waals surface area contributed by atoms with Gasteiger partial charge >= 0.3 is 0 Å². The molecule has 1 amide bonds. The number of carbonyl (C=O) groups excluding carboxylic acids is 1. The highest BCUT2D eigenvalue weighted by molar-refractivity contribution is 6.04. The molecule has 0 atom stereocenters. The highest BCUT2D eigenvalue weighted by Crippen LogP contribution is 2.18. The molecule has 154 valence electrons. The molecule has 0 aliphatic heterocycles. The first kappa shape index (κ1) is 19.4. The number of fused-ring (bicyclic) bond motifs is 1. The Kier molecular flexibility index (Phi) is 4.82. The second-order valence-electron chi connectivity index (χ2n) is 7.12. The number of aromatic nitrogens is 6. The van der Waals surface area contributed by atoms with Crippen LogP contribution in [0.25, 0.3) is 17.0 Å². The Balaban J connectivity index is 1.65. The van der Waals surface area contributed by atoms with Crippen LogP contribution in [0, 0.1) is 6.92 Å². The number of anilines is 1. The van der Waals surface area contributed by atoms with Crippen molar-refractivity contribution in [3.8, 4) is 11.7 Å². The lowest BCUT2D eigenvalue weighted by Gasteiger charge is -2.11. The number of benzene rings is 1. The van der Waals surface area contributed by atoms with Crippen molar-refractivity contribution in [2.24, 2.45) is 7.05 Å². The molecule has 0 aliphatic carbocycles. The van der Waals surface area contributed by atoms with Gasteiger partial charge in [0.1, 0.15) is 17.0 Å². The zero-order valence-electron chi connectivity index (χ0n) is 17.0. The number of amides is 1. The number of hydrogen-bond acceptors (Lipinski definition) is 6. The molecule has 0 saturated heterocycles.